The van der Waals surface area contributed by atoms with Crippen molar-refractivity contribution in [1.82, 2.24) is 4.90 Å². The predicted molar refractivity (Wildman–Crippen MR) is 85.9 cm³/mol. The van der Waals surface area contributed by atoms with Crippen molar-refractivity contribution in [2.75, 3.05) is 37.6 Å². The Kier molecular flexibility index (Phi) is 6.05. The summed E-state index contributed by atoms with van der Waals surface area (Å²) in [4.78, 5) is 15.5. The van der Waals surface area contributed by atoms with Crippen LogP contribution < -0.4 is 4.90 Å². The van der Waals surface area contributed by atoms with Gasteiger partial charge in [-0.15, -0.1) is 0 Å². The average molecular weight is 290 g/mol. The largest absolute Gasteiger partial charge is 0.481 e. The molecule has 1 aromatic carbocycles. The van der Waals surface area contributed by atoms with Crippen LogP contribution in [0.25, 0.3) is 0 Å². The van der Waals surface area contributed by atoms with E-state index in [1.165, 1.54) is 31.5 Å². The number of aryl methyl sites for hydroxylation is 1. The van der Waals surface area contributed by atoms with Crippen molar-refractivity contribution < 1.29 is 9.90 Å². The van der Waals surface area contributed by atoms with Gasteiger partial charge in [-0.05, 0) is 58.0 Å². The van der Waals surface area contributed by atoms with Gasteiger partial charge in [-0.25, -0.2) is 0 Å². The molecule has 0 saturated carbocycles. The van der Waals surface area contributed by atoms with Crippen LogP contribution in [0.15, 0.2) is 24.3 Å². The van der Waals surface area contributed by atoms with Crippen molar-refractivity contribution in [2.45, 2.75) is 32.6 Å². The van der Waals surface area contributed by atoms with Gasteiger partial charge in [-0.2, -0.15) is 0 Å². The molecule has 4 heteroatoms. The molecule has 0 aromatic heterocycles. The second-order valence-electron chi connectivity index (χ2n) is 5.87. The number of aliphatic carboxylic acids is 1. The zero-order valence-electron chi connectivity index (χ0n) is 12.9. The normalized spacial score (nSPS) is 15.3. The Morgan fingerprint density at radius 3 is 2.48 bits per heavy atom. The minimum atomic E-state index is -0.730. The minimum absolute atomic E-state index is 0.192. The van der Waals surface area contributed by atoms with Crippen molar-refractivity contribution in [2.24, 2.45) is 0 Å². The van der Waals surface area contributed by atoms with Crippen LogP contribution in [-0.4, -0.2) is 48.7 Å². The molecule has 116 valence electrons. The monoisotopic (exact) mass is 290 g/mol. The molecule has 0 atom stereocenters. The molecule has 0 unspecified atom stereocenters. The van der Waals surface area contributed by atoms with Crippen molar-refractivity contribution >= 4 is 11.7 Å². The molecule has 0 radical (unpaired) electrons. The molecule has 4 nitrogen and oxygen atoms in total. The first-order valence-corrected chi connectivity index (χ1v) is 7.91. The van der Waals surface area contributed by atoms with Gasteiger partial charge in [-0.1, -0.05) is 17.7 Å². The van der Waals surface area contributed by atoms with Gasteiger partial charge in [0.05, 0.1) is 6.42 Å². The molecule has 21 heavy (non-hydrogen) atoms. The standard InChI is InChI=1S/C17H26N2O2/c1-15-5-7-16(8-6-15)19(14-9-17(20)21)13-4-12-18-10-2-3-11-18/h5-8H,2-4,9-14H2,1H3,(H,20,21). The fourth-order valence-corrected chi connectivity index (χ4v) is 2.85. The average Bonchev–Trinajstić information content (AvgIpc) is 2.97. The quantitative estimate of drug-likeness (QED) is 0.799. The summed E-state index contributed by atoms with van der Waals surface area (Å²) in [5, 5.41) is 8.92. The third-order valence-electron chi connectivity index (χ3n) is 4.10. The Hall–Kier alpha value is -1.55. The first kappa shape index (κ1) is 15.8. The van der Waals surface area contributed by atoms with Crippen molar-refractivity contribution in [3.05, 3.63) is 29.8 Å². The maximum absolute atomic E-state index is 10.8. The highest BCUT2D eigenvalue weighted by atomic mass is 16.4. The van der Waals surface area contributed by atoms with E-state index in [0.29, 0.717) is 6.54 Å². The van der Waals surface area contributed by atoms with E-state index in [0.717, 1.165) is 25.2 Å². The van der Waals surface area contributed by atoms with Crippen LogP contribution >= 0.6 is 0 Å². The molecule has 1 N–H and O–H groups in total. The van der Waals surface area contributed by atoms with Crippen molar-refractivity contribution in [1.29, 1.82) is 0 Å². The van der Waals surface area contributed by atoms with Gasteiger partial charge in [0.25, 0.3) is 0 Å². The molecule has 1 heterocycles. The van der Waals surface area contributed by atoms with Crippen LogP contribution in [-0.2, 0) is 4.79 Å². The molecule has 1 saturated heterocycles. The summed E-state index contributed by atoms with van der Waals surface area (Å²) in [5.74, 6) is -0.730. The summed E-state index contributed by atoms with van der Waals surface area (Å²) in [7, 11) is 0. The van der Waals surface area contributed by atoms with Crippen LogP contribution in [0, 0.1) is 6.92 Å². The summed E-state index contributed by atoms with van der Waals surface area (Å²) in [6.45, 7) is 7.14. The Bertz CT molecular complexity index is 439. The van der Waals surface area contributed by atoms with Crippen molar-refractivity contribution in [3.63, 3.8) is 0 Å². The molecule has 2 rings (SSSR count). The van der Waals surface area contributed by atoms with E-state index in [1.54, 1.807) is 0 Å². The van der Waals surface area contributed by atoms with Gasteiger partial charge in [0.1, 0.15) is 0 Å². The fraction of sp³-hybridized carbons (Fsp3) is 0.588. The Labute approximate surface area is 127 Å². The molecular weight excluding hydrogens is 264 g/mol. The van der Waals surface area contributed by atoms with Crippen LogP contribution in [0.2, 0.25) is 0 Å². The molecule has 1 aliphatic heterocycles. The van der Waals surface area contributed by atoms with E-state index in [1.807, 2.05) is 0 Å². The number of carboxylic acid groups (broad SMARTS) is 1. The SMILES string of the molecule is Cc1ccc(N(CCCN2CCCC2)CCC(=O)O)cc1. The van der Waals surface area contributed by atoms with Gasteiger partial charge in [0, 0.05) is 18.8 Å². The highest BCUT2D eigenvalue weighted by molar-refractivity contribution is 5.67. The van der Waals surface area contributed by atoms with Crippen LogP contribution in [0.1, 0.15) is 31.2 Å². The van der Waals surface area contributed by atoms with Crippen LogP contribution in [0.3, 0.4) is 0 Å². The summed E-state index contributed by atoms with van der Waals surface area (Å²) >= 11 is 0. The maximum atomic E-state index is 10.8. The number of carboxylic acids is 1. The Morgan fingerprint density at radius 2 is 1.86 bits per heavy atom. The zero-order chi connectivity index (χ0) is 15.1. The molecule has 0 spiro atoms. The van der Waals surface area contributed by atoms with Gasteiger partial charge in [0.2, 0.25) is 0 Å². The molecule has 1 aliphatic rings. The maximum Gasteiger partial charge on any atom is 0.305 e. The lowest BCUT2D eigenvalue weighted by atomic mass is 10.2. The van der Waals surface area contributed by atoms with Gasteiger partial charge in [-0.3, -0.25) is 4.79 Å². The number of rotatable bonds is 8. The molecule has 0 bridgehead atoms. The number of hydrogen-bond donors (Lipinski definition) is 1. The number of likely N-dealkylation sites (tertiary alicyclic amines) is 1. The third kappa shape index (κ3) is 5.38. The first-order valence-electron chi connectivity index (χ1n) is 7.91. The second-order valence-corrected chi connectivity index (χ2v) is 5.87. The lowest BCUT2D eigenvalue weighted by Crippen LogP contribution is -2.30. The topological polar surface area (TPSA) is 43.8 Å². The molecule has 1 fully saturated rings. The van der Waals surface area contributed by atoms with Gasteiger partial charge < -0.3 is 14.9 Å². The number of carbonyl (C=O) groups is 1. The summed E-state index contributed by atoms with van der Waals surface area (Å²) in [6.07, 6.45) is 3.92. The van der Waals surface area contributed by atoms with E-state index in [4.69, 9.17) is 5.11 Å². The van der Waals surface area contributed by atoms with Crippen LogP contribution in [0.4, 0.5) is 5.69 Å². The van der Waals surface area contributed by atoms with Crippen LogP contribution in [0.5, 0.6) is 0 Å². The molecule has 0 aliphatic carbocycles. The van der Waals surface area contributed by atoms with Crippen molar-refractivity contribution in [3.8, 4) is 0 Å². The molecule has 1 aromatic rings. The molecule has 0 amide bonds. The van der Waals surface area contributed by atoms with E-state index in [-0.39, 0.29) is 6.42 Å². The summed E-state index contributed by atoms with van der Waals surface area (Å²) in [5.41, 5.74) is 2.36. The zero-order valence-corrected chi connectivity index (χ0v) is 12.9. The van der Waals surface area contributed by atoms with Gasteiger partial charge in [0.15, 0.2) is 0 Å². The summed E-state index contributed by atoms with van der Waals surface area (Å²) < 4.78 is 0. The van der Waals surface area contributed by atoms with E-state index in [9.17, 15) is 4.79 Å². The highest BCUT2D eigenvalue weighted by Gasteiger charge is 2.13. The smallest absolute Gasteiger partial charge is 0.305 e. The predicted octanol–water partition coefficient (Wildman–Crippen LogP) is 2.76. The molecular formula is C17H26N2O2. The van der Waals surface area contributed by atoms with Gasteiger partial charge >= 0.3 is 5.97 Å². The van der Waals surface area contributed by atoms with E-state index < -0.39 is 5.97 Å². The minimum Gasteiger partial charge on any atom is -0.481 e. The first-order chi connectivity index (χ1) is 10.1. The second kappa shape index (κ2) is 8.03. The summed E-state index contributed by atoms with van der Waals surface area (Å²) in [6, 6.07) is 8.35. The number of hydrogen-bond acceptors (Lipinski definition) is 3. The number of anilines is 1. The Morgan fingerprint density at radius 1 is 1.19 bits per heavy atom. The lowest BCUT2D eigenvalue weighted by molar-refractivity contribution is -0.136. The fourth-order valence-electron chi connectivity index (χ4n) is 2.85. The number of nitrogens with zero attached hydrogens (tertiary/aromatic N) is 2. The highest BCUT2D eigenvalue weighted by Crippen LogP contribution is 2.16. The third-order valence-corrected chi connectivity index (χ3v) is 4.10. The van der Waals surface area contributed by atoms with E-state index in [2.05, 4.69) is 41.0 Å². The Balaban J connectivity index is 1.87. The number of benzene rings is 1. The lowest BCUT2D eigenvalue weighted by Gasteiger charge is -2.25. The van der Waals surface area contributed by atoms with E-state index >= 15 is 0 Å².